The molecule has 24 heteroatoms. The van der Waals surface area contributed by atoms with Gasteiger partial charge >= 0.3 is 12.6 Å². The van der Waals surface area contributed by atoms with Gasteiger partial charge in [-0.1, -0.05) is 5.21 Å². The molecule has 18 nitrogen and oxygen atoms in total. The van der Waals surface area contributed by atoms with Gasteiger partial charge < -0.3 is 31.3 Å². The number of nitrogen functional groups attached to an aromatic ring is 2. The smallest absolute Gasteiger partial charge is 0.327 e. The van der Waals surface area contributed by atoms with E-state index in [1.807, 2.05) is 0 Å². The van der Waals surface area contributed by atoms with Gasteiger partial charge in [0.2, 0.25) is 12.2 Å². The van der Waals surface area contributed by atoms with Crippen LogP contribution in [0.25, 0.3) is 22.3 Å². The minimum Gasteiger partial charge on any atom is -0.395 e. The lowest BCUT2D eigenvalue weighted by molar-refractivity contribution is -0.196. The van der Waals surface area contributed by atoms with E-state index in [4.69, 9.17) is 37.1 Å². The van der Waals surface area contributed by atoms with Crippen LogP contribution in [0.3, 0.4) is 0 Å². The normalized spacial score (nSPS) is 34.5. The van der Waals surface area contributed by atoms with Crippen LogP contribution in [0, 0.1) is 0 Å². The first-order valence-corrected chi connectivity index (χ1v) is 15.7. The summed E-state index contributed by atoms with van der Waals surface area (Å²) in [6.45, 7) is -5.25. The number of nitrogens with one attached hydrogen (secondary N) is 1. The van der Waals surface area contributed by atoms with Gasteiger partial charge in [0.05, 0.1) is 18.2 Å². The van der Waals surface area contributed by atoms with Crippen molar-refractivity contribution in [2.75, 3.05) is 18.1 Å². The molecule has 2 saturated heterocycles. The number of rotatable bonds is 7. The van der Waals surface area contributed by atoms with E-state index in [1.54, 1.807) is 0 Å². The SMILES string of the molecule is Nc1nc2c(ncn2[C@@H]2S[C@H](CO)[C@H](F)[C@H]2OP(O)(=S)OC2[C@H]3O[C@@H](n4nnc5c(N)ncnc54)C(F)(F)[C@@]23O)c(=O)[nH]1. The van der Waals surface area contributed by atoms with Crippen molar-refractivity contribution in [3.63, 3.8) is 0 Å². The Kier molecular flexibility index (Phi) is 6.34. The molecule has 1 saturated carbocycles. The fourth-order valence-electron chi connectivity index (χ4n) is 5.21. The molecule has 4 aromatic rings. The van der Waals surface area contributed by atoms with Crippen molar-refractivity contribution in [2.45, 2.75) is 52.9 Å². The molecular formula is C19H19F3N11O7PS2. The zero-order valence-corrected chi connectivity index (χ0v) is 23.5. The molecule has 2 aliphatic heterocycles. The van der Waals surface area contributed by atoms with E-state index in [0.29, 0.717) is 4.68 Å². The molecule has 8 N–H and O–H groups in total. The number of thioether (sulfide) groups is 1. The molecule has 1 aliphatic carbocycles. The topological polar surface area (TPSA) is 260 Å². The van der Waals surface area contributed by atoms with Crippen LogP contribution in [0.15, 0.2) is 17.4 Å². The summed E-state index contributed by atoms with van der Waals surface area (Å²) < 4.78 is 64.5. The lowest BCUT2D eigenvalue weighted by atomic mass is 10.1. The Morgan fingerprint density at radius 3 is 2.70 bits per heavy atom. The monoisotopic (exact) mass is 665 g/mol. The van der Waals surface area contributed by atoms with E-state index in [1.165, 1.54) is 4.57 Å². The first-order chi connectivity index (χ1) is 20.3. The van der Waals surface area contributed by atoms with Gasteiger partial charge in [-0.3, -0.25) is 23.4 Å². The first-order valence-electron chi connectivity index (χ1n) is 12.2. The number of hydrogen-bond donors (Lipinski definition) is 6. The number of ether oxygens (including phenoxy) is 1. The number of fused-ring (bicyclic) bond motifs is 3. The third kappa shape index (κ3) is 4.10. The van der Waals surface area contributed by atoms with Crippen LogP contribution in [0.2, 0.25) is 0 Å². The third-order valence-electron chi connectivity index (χ3n) is 7.34. The first kappa shape index (κ1) is 28.7. The average molecular weight is 666 g/mol. The second-order valence-corrected chi connectivity index (χ2v) is 14.0. The number of nitrogens with zero attached hydrogens (tertiary/aromatic N) is 8. The fraction of sp³-hybridized carbons (Fsp3) is 0.526. The van der Waals surface area contributed by atoms with E-state index in [-0.39, 0.29) is 34.1 Å². The summed E-state index contributed by atoms with van der Waals surface area (Å²) >= 11 is 5.89. The Hall–Kier alpha value is -3.02. The van der Waals surface area contributed by atoms with Gasteiger partial charge in [-0.2, -0.15) is 18.4 Å². The molecule has 0 radical (unpaired) electrons. The molecule has 230 valence electrons. The lowest BCUT2D eigenvalue weighted by Crippen LogP contribution is -2.44. The van der Waals surface area contributed by atoms with E-state index in [0.717, 1.165) is 24.4 Å². The molecule has 2 unspecified atom stereocenters. The maximum Gasteiger partial charge on any atom is 0.327 e. The predicted octanol–water partition coefficient (Wildman–Crippen LogP) is -1.27. The molecule has 0 aromatic carbocycles. The predicted molar refractivity (Wildman–Crippen MR) is 143 cm³/mol. The second kappa shape index (κ2) is 9.49. The van der Waals surface area contributed by atoms with Crippen LogP contribution in [-0.4, -0.2) is 107 Å². The molecule has 43 heavy (non-hydrogen) atoms. The Labute approximate surface area is 244 Å². The molecule has 9 atom stereocenters. The number of hydrogen-bond acceptors (Lipinski definition) is 16. The summed E-state index contributed by atoms with van der Waals surface area (Å²) in [5.74, 6) is -4.45. The van der Waals surface area contributed by atoms with Gasteiger partial charge in [0, 0.05) is 0 Å². The number of halogens is 3. The van der Waals surface area contributed by atoms with Crippen molar-refractivity contribution >= 4 is 64.4 Å². The highest BCUT2D eigenvalue weighted by molar-refractivity contribution is 8.07. The van der Waals surface area contributed by atoms with Crippen molar-refractivity contribution in [3.05, 3.63) is 23.0 Å². The van der Waals surface area contributed by atoms with Gasteiger partial charge in [-0.25, -0.2) is 19.3 Å². The number of imidazole rings is 1. The molecule has 3 aliphatic rings. The summed E-state index contributed by atoms with van der Waals surface area (Å²) in [6, 6.07) is 0. The molecule has 7 rings (SSSR count). The second-order valence-electron chi connectivity index (χ2n) is 9.85. The fourth-order valence-corrected chi connectivity index (χ4v) is 8.41. The summed E-state index contributed by atoms with van der Waals surface area (Å²) in [6.07, 6.45) is -7.22. The maximum atomic E-state index is 15.6. The number of anilines is 2. The van der Waals surface area contributed by atoms with Crippen LogP contribution in [0.5, 0.6) is 0 Å². The molecule has 6 heterocycles. The van der Waals surface area contributed by atoms with Crippen molar-refractivity contribution in [3.8, 4) is 0 Å². The van der Waals surface area contributed by atoms with E-state index < -0.39 is 71.7 Å². The van der Waals surface area contributed by atoms with Gasteiger partial charge in [0.15, 0.2) is 33.7 Å². The van der Waals surface area contributed by atoms with Gasteiger partial charge in [0.25, 0.3) is 5.56 Å². The highest BCUT2D eigenvalue weighted by atomic mass is 32.5. The zero-order valence-electron chi connectivity index (χ0n) is 21.0. The molecule has 0 bridgehead atoms. The highest BCUT2D eigenvalue weighted by Gasteiger charge is 2.88. The number of aliphatic hydroxyl groups excluding tert-OH is 1. The van der Waals surface area contributed by atoms with E-state index in [9.17, 15) is 19.9 Å². The number of aliphatic hydroxyl groups is 2. The number of aromatic amines is 1. The number of alkyl halides is 3. The van der Waals surface area contributed by atoms with Crippen LogP contribution >= 0.6 is 18.5 Å². The van der Waals surface area contributed by atoms with Crippen molar-refractivity contribution in [2.24, 2.45) is 0 Å². The zero-order chi connectivity index (χ0) is 30.6. The molecule has 0 amide bonds. The summed E-state index contributed by atoms with van der Waals surface area (Å²) in [5, 5.41) is 25.7. The van der Waals surface area contributed by atoms with Crippen molar-refractivity contribution in [1.29, 1.82) is 0 Å². The molecular weight excluding hydrogens is 646 g/mol. The average Bonchev–Trinajstić information content (AvgIpc) is 3.42. The Morgan fingerprint density at radius 2 is 2.00 bits per heavy atom. The minimum atomic E-state index is -4.60. The quantitative estimate of drug-likeness (QED) is 0.126. The van der Waals surface area contributed by atoms with Crippen molar-refractivity contribution < 1.29 is 42.1 Å². The Morgan fingerprint density at radius 1 is 1.23 bits per heavy atom. The minimum absolute atomic E-state index is 0.0527. The van der Waals surface area contributed by atoms with Crippen LogP contribution in [0.1, 0.15) is 11.6 Å². The third-order valence-corrected chi connectivity index (χ3v) is 10.4. The molecule has 3 fully saturated rings. The van der Waals surface area contributed by atoms with Crippen LogP contribution in [0.4, 0.5) is 24.9 Å². The molecule has 0 spiro atoms. The van der Waals surface area contributed by atoms with Crippen LogP contribution < -0.4 is 17.0 Å². The standard InChI is InChI=1S/C19H19F3N11O7PS2/c20-5-4(1-34)43-15(32-3-27-7-13(32)28-17(24)29-14(7)35)8(5)39-41(37,42)40-10-9-18(10,36)19(21,22)16(38-9)33-12-6(30-31-33)11(23)25-2-26-12/h2-5,8-10,15-16,34,36H,1H2,(H,37,42)(H2,23,25,26)(H3,24,28,29,35)/t4-,5+,8-,9-,10?,15-,16-,18+,41?/m1/s1. The van der Waals surface area contributed by atoms with E-state index >= 15 is 13.2 Å². The van der Waals surface area contributed by atoms with Gasteiger partial charge in [-0.05, 0) is 11.8 Å². The Balaban J connectivity index is 1.13. The number of nitrogens with two attached hydrogens (primary N) is 2. The van der Waals surface area contributed by atoms with E-state index in [2.05, 4.69) is 35.2 Å². The summed E-state index contributed by atoms with van der Waals surface area (Å²) in [7, 11) is 0. The maximum absolute atomic E-state index is 15.6. The largest absolute Gasteiger partial charge is 0.395 e. The van der Waals surface area contributed by atoms with Crippen LogP contribution in [-0.2, 0) is 25.6 Å². The van der Waals surface area contributed by atoms with Gasteiger partial charge in [0.1, 0.15) is 36.2 Å². The van der Waals surface area contributed by atoms with Gasteiger partial charge in [-0.15, -0.1) is 16.9 Å². The Bertz CT molecular complexity index is 1880. The summed E-state index contributed by atoms with van der Waals surface area (Å²) in [5.41, 5.74) is 7.22. The highest BCUT2D eigenvalue weighted by Crippen LogP contribution is 2.67. The summed E-state index contributed by atoms with van der Waals surface area (Å²) in [4.78, 5) is 40.9. The molecule has 4 aromatic heterocycles. The number of aromatic nitrogens is 9. The number of H-pyrrole nitrogens is 1. The van der Waals surface area contributed by atoms with Crippen molar-refractivity contribution in [1.82, 2.24) is 44.5 Å². The lowest BCUT2D eigenvalue weighted by Gasteiger charge is -2.29.